The number of aromatic carboxylic acids is 1. The first kappa shape index (κ1) is 9.67. The molecule has 4 nitrogen and oxygen atoms in total. The van der Waals surface area contributed by atoms with Gasteiger partial charge in [-0.3, -0.25) is 0 Å². The molecule has 0 spiro atoms. The Morgan fingerprint density at radius 3 is 2.69 bits per heavy atom. The minimum atomic E-state index is -1.35. The predicted molar refractivity (Wildman–Crippen MR) is 46.7 cm³/mol. The molecule has 0 aliphatic heterocycles. The zero-order valence-electron chi connectivity index (χ0n) is 6.83. The Morgan fingerprint density at radius 2 is 2.23 bits per heavy atom. The van der Waals surface area contributed by atoms with Crippen LogP contribution in [0.15, 0.2) is 12.1 Å². The van der Waals surface area contributed by atoms with Crippen LogP contribution >= 0.6 is 11.6 Å². The number of anilines is 1. The summed E-state index contributed by atoms with van der Waals surface area (Å²) in [5.74, 6) is -1.21. The third kappa shape index (κ3) is 1.84. The molecule has 0 unspecified atom stereocenters. The fraction of sp³-hybridized carbons (Fsp3) is 0.125. The number of ether oxygens (including phenoxy) is 1. The van der Waals surface area contributed by atoms with Gasteiger partial charge in [0, 0.05) is 11.6 Å². The van der Waals surface area contributed by atoms with E-state index >= 15 is 0 Å². The van der Waals surface area contributed by atoms with Crippen molar-refractivity contribution >= 4 is 23.3 Å². The summed E-state index contributed by atoms with van der Waals surface area (Å²) in [4.78, 5) is 10.6. The van der Waals surface area contributed by atoms with Gasteiger partial charge in [0.2, 0.25) is 0 Å². The average molecular weight is 201 g/mol. The minimum Gasteiger partial charge on any atom is -0.545 e. The molecule has 1 aromatic rings. The number of hydrogen-bond donors (Lipinski definition) is 1. The van der Waals surface area contributed by atoms with Crippen LogP contribution in [-0.4, -0.2) is 13.1 Å². The SMILES string of the molecule is COc1cc(N)c(Cl)cc1C(=O)[O-]. The summed E-state index contributed by atoms with van der Waals surface area (Å²) < 4.78 is 4.78. The van der Waals surface area contributed by atoms with E-state index < -0.39 is 5.97 Å². The van der Waals surface area contributed by atoms with Crippen molar-refractivity contribution in [1.29, 1.82) is 0 Å². The maximum atomic E-state index is 10.6. The van der Waals surface area contributed by atoms with Crippen LogP contribution < -0.4 is 15.6 Å². The fourth-order valence-corrected chi connectivity index (χ4v) is 1.06. The maximum Gasteiger partial charge on any atom is 0.130 e. The molecule has 0 aliphatic carbocycles. The molecule has 0 bridgehead atoms. The molecule has 1 rings (SSSR count). The fourth-order valence-electron chi connectivity index (χ4n) is 0.898. The molecule has 0 aliphatic rings. The standard InChI is InChI=1S/C8H8ClNO3/c1-13-7-3-6(10)5(9)2-4(7)8(11)12/h2-3H,10H2,1H3,(H,11,12)/p-1. The lowest BCUT2D eigenvalue weighted by Gasteiger charge is -2.10. The number of carboxylic acid groups (broad SMARTS) is 1. The van der Waals surface area contributed by atoms with Crippen LogP contribution in [0.4, 0.5) is 5.69 Å². The van der Waals surface area contributed by atoms with E-state index in [-0.39, 0.29) is 22.0 Å². The lowest BCUT2D eigenvalue weighted by Crippen LogP contribution is -2.23. The maximum absolute atomic E-state index is 10.6. The minimum absolute atomic E-state index is 0.110. The van der Waals surface area contributed by atoms with Gasteiger partial charge in [0.25, 0.3) is 0 Å². The Labute approximate surface area is 79.9 Å². The molecule has 0 radical (unpaired) electrons. The number of carboxylic acids is 1. The van der Waals surface area contributed by atoms with Gasteiger partial charge in [-0.2, -0.15) is 0 Å². The second kappa shape index (κ2) is 3.53. The van der Waals surface area contributed by atoms with Crippen LogP contribution in [0.2, 0.25) is 5.02 Å². The topological polar surface area (TPSA) is 75.4 Å². The third-order valence-electron chi connectivity index (χ3n) is 1.54. The van der Waals surface area contributed by atoms with E-state index in [2.05, 4.69) is 0 Å². The molecule has 0 saturated heterocycles. The summed E-state index contributed by atoms with van der Waals surface area (Å²) in [6.45, 7) is 0. The molecule has 0 atom stereocenters. The zero-order valence-corrected chi connectivity index (χ0v) is 7.59. The normalized spacial score (nSPS) is 9.69. The highest BCUT2D eigenvalue weighted by molar-refractivity contribution is 6.33. The second-order valence-corrected chi connectivity index (χ2v) is 2.77. The number of nitrogens with two attached hydrogens (primary N) is 1. The molecule has 5 heteroatoms. The van der Waals surface area contributed by atoms with Crippen molar-refractivity contribution in [1.82, 2.24) is 0 Å². The highest BCUT2D eigenvalue weighted by Gasteiger charge is 2.07. The van der Waals surface area contributed by atoms with Crippen molar-refractivity contribution in [2.24, 2.45) is 0 Å². The molecule has 70 valence electrons. The van der Waals surface area contributed by atoms with Gasteiger partial charge in [-0.1, -0.05) is 11.6 Å². The van der Waals surface area contributed by atoms with Crippen LogP contribution in [0, 0.1) is 0 Å². The lowest BCUT2D eigenvalue weighted by molar-refractivity contribution is -0.255. The van der Waals surface area contributed by atoms with E-state index in [1.165, 1.54) is 19.2 Å². The Kier molecular flexibility index (Phi) is 2.63. The summed E-state index contributed by atoms with van der Waals surface area (Å²) in [6, 6.07) is 2.54. The van der Waals surface area contributed by atoms with Crippen LogP contribution in [0.25, 0.3) is 0 Å². The highest BCUT2D eigenvalue weighted by atomic mass is 35.5. The van der Waals surface area contributed by atoms with Crippen molar-refractivity contribution in [2.45, 2.75) is 0 Å². The quantitative estimate of drug-likeness (QED) is 0.697. The van der Waals surface area contributed by atoms with Gasteiger partial charge in [-0.05, 0) is 6.07 Å². The van der Waals surface area contributed by atoms with E-state index in [4.69, 9.17) is 22.1 Å². The summed E-state index contributed by atoms with van der Waals surface area (Å²) in [5.41, 5.74) is 5.60. The molecule has 0 fully saturated rings. The van der Waals surface area contributed by atoms with Crippen molar-refractivity contribution in [3.05, 3.63) is 22.7 Å². The average Bonchev–Trinajstić information content (AvgIpc) is 2.08. The number of hydrogen-bond acceptors (Lipinski definition) is 4. The Balaban J connectivity index is 3.33. The van der Waals surface area contributed by atoms with Gasteiger partial charge in [0.1, 0.15) is 5.75 Å². The third-order valence-corrected chi connectivity index (χ3v) is 1.87. The van der Waals surface area contributed by atoms with Gasteiger partial charge >= 0.3 is 0 Å². The summed E-state index contributed by atoms with van der Waals surface area (Å²) in [5, 5.41) is 10.7. The summed E-state index contributed by atoms with van der Waals surface area (Å²) in [7, 11) is 1.34. The van der Waals surface area contributed by atoms with E-state index in [0.29, 0.717) is 0 Å². The Morgan fingerprint density at radius 1 is 1.62 bits per heavy atom. The largest absolute Gasteiger partial charge is 0.545 e. The van der Waals surface area contributed by atoms with Crippen LogP contribution in [0.3, 0.4) is 0 Å². The molecule has 0 aromatic heterocycles. The molecule has 0 heterocycles. The molecule has 0 amide bonds. The van der Waals surface area contributed by atoms with Crippen molar-refractivity contribution in [3.63, 3.8) is 0 Å². The summed E-state index contributed by atoms with van der Waals surface area (Å²) >= 11 is 5.62. The van der Waals surface area contributed by atoms with E-state index in [0.717, 1.165) is 0 Å². The number of carbonyl (C=O) groups is 1. The van der Waals surface area contributed by atoms with Crippen molar-refractivity contribution < 1.29 is 14.6 Å². The highest BCUT2D eigenvalue weighted by Crippen LogP contribution is 2.28. The van der Waals surface area contributed by atoms with Gasteiger partial charge < -0.3 is 20.4 Å². The first-order valence-electron chi connectivity index (χ1n) is 3.40. The molecular formula is C8H7ClNO3-. The number of rotatable bonds is 2. The van der Waals surface area contributed by atoms with Crippen LogP contribution in [0.1, 0.15) is 10.4 Å². The molecule has 2 N–H and O–H groups in total. The predicted octanol–water partition coefficient (Wildman–Crippen LogP) is 0.294. The summed E-state index contributed by atoms with van der Waals surface area (Å²) in [6.07, 6.45) is 0. The van der Waals surface area contributed by atoms with Crippen molar-refractivity contribution in [3.8, 4) is 5.75 Å². The van der Waals surface area contributed by atoms with Gasteiger partial charge in [-0.25, -0.2) is 0 Å². The number of halogens is 1. The van der Waals surface area contributed by atoms with E-state index in [1.54, 1.807) is 0 Å². The molecular weight excluding hydrogens is 194 g/mol. The first-order chi connectivity index (χ1) is 6.06. The second-order valence-electron chi connectivity index (χ2n) is 2.36. The van der Waals surface area contributed by atoms with Crippen LogP contribution in [-0.2, 0) is 0 Å². The zero-order chi connectivity index (χ0) is 10.0. The number of methoxy groups -OCH3 is 1. The van der Waals surface area contributed by atoms with Gasteiger partial charge in [0.05, 0.1) is 23.8 Å². The lowest BCUT2D eigenvalue weighted by atomic mass is 10.2. The number of benzene rings is 1. The van der Waals surface area contributed by atoms with Gasteiger partial charge in [0.15, 0.2) is 0 Å². The first-order valence-corrected chi connectivity index (χ1v) is 3.78. The Bertz CT molecular complexity index is 351. The van der Waals surface area contributed by atoms with Gasteiger partial charge in [-0.15, -0.1) is 0 Å². The molecule has 13 heavy (non-hydrogen) atoms. The molecule has 1 aromatic carbocycles. The Hall–Kier alpha value is -1.42. The van der Waals surface area contributed by atoms with E-state index in [9.17, 15) is 9.90 Å². The number of nitrogen functional groups attached to an aromatic ring is 1. The number of carbonyl (C=O) groups excluding carboxylic acids is 1. The van der Waals surface area contributed by atoms with Crippen LogP contribution in [0.5, 0.6) is 5.75 Å². The molecule has 0 saturated carbocycles. The van der Waals surface area contributed by atoms with Crippen molar-refractivity contribution in [2.75, 3.05) is 12.8 Å². The smallest absolute Gasteiger partial charge is 0.130 e. The van der Waals surface area contributed by atoms with E-state index in [1.807, 2.05) is 0 Å². The monoisotopic (exact) mass is 200 g/mol.